The maximum absolute atomic E-state index is 4.87. The van der Waals surface area contributed by atoms with Gasteiger partial charge in [0.1, 0.15) is 0 Å². The van der Waals surface area contributed by atoms with E-state index in [1.807, 2.05) is 0 Å². The molecule has 1 heterocycles. The Kier molecular flexibility index (Phi) is 3.52. The first-order chi connectivity index (χ1) is 10.3. The summed E-state index contributed by atoms with van der Waals surface area (Å²) < 4.78 is 0. The minimum Gasteiger partial charge on any atom is -0.248 e. The second-order valence-corrected chi connectivity index (χ2v) is 7.18. The maximum atomic E-state index is 4.87. The van der Waals surface area contributed by atoms with Crippen LogP contribution in [-0.4, -0.2) is 4.98 Å². The van der Waals surface area contributed by atoms with Gasteiger partial charge in [0.25, 0.3) is 0 Å². The first kappa shape index (κ1) is 14.8. The van der Waals surface area contributed by atoms with Crippen LogP contribution >= 0.6 is 0 Å². The molecule has 3 rings (SSSR count). The molecule has 0 fully saturated rings. The lowest BCUT2D eigenvalue weighted by molar-refractivity contribution is 0.590. The van der Waals surface area contributed by atoms with Gasteiger partial charge in [0, 0.05) is 10.9 Å². The smallest absolute Gasteiger partial charge is 0.0712 e. The van der Waals surface area contributed by atoms with E-state index < -0.39 is 0 Å². The van der Waals surface area contributed by atoms with Crippen LogP contribution in [0, 0.1) is 13.8 Å². The zero-order valence-corrected chi connectivity index (χ0v) is 14.1. The Morgan fingerprint density at radius 2 is 1.64 bits per heavy atom. The highest BCUT2D eigenvalue weighted by molar-refractivity contribution is 5.84. The lowest BCUT2D eigenvalue weighted by atomic mass is 9.85. The molecule has 0 saturated carbocycles. The highest BCUT2D eigenvalue weighted by Gasteiger charge is 2.15. The van der Waals surface area contributed by atoms with Crippen LogP contribution in [-0.2, 0) is 5.41 Å². The highest BCUT2D eigenvalue weighted by atomic mass is 14.7. The zero-order chi connectivity index (χ0) is 15.9. The Bertz CT molecular complexity index is 838. The fourth-order valence-electron chi connectivity index (χ4n) is 2.83. The summed E-state index contributed by atoms with van der Waals surface area (Å²) in [4.78, 5) is 4.87. The molecule has 1 nitrogen and oxygen atoms in total. The second kappa shape index (κ2) is 5.24. The number of aromatic nitrogens is 1. The van der Waals surface area contributed by atoms with Crippen molar-refractivity contribution < 1.29 is 0 Å². The van der Waals surface area contributed by atoms with E-state index in [1.165, 1.54) is 27.6 Å². The summed E-state index contributed by atoms with van der Waals surface area (Å²) in [6.07, 6.45) is 0. The number of aryl methyl sites for hydroxylation is 2. The normalized spacial score (nSPS) is 11.9. The van der Waals surface area contributed by atoms with E-state index >= 15 is 0 Å². The maximum Gasteiger partial charge on any atom is 0.0712 e. The summed E-state index contributed by atoms with van der Waals surface area (Å²) in [6.45, 7) is 11.0. The quantitative estimate of drug-likeness (QED) is 0.550. The van der Waals surface area contributed by atoms with Crippen LogP contribution in [0.4, 0.5) is 0 Å². The van der Waals surface area contributed by atoms with Gasteiger partial charge in [0.05, 0.1) is 11.2 Å². The lowest BCUT2D eigenvalue weighted by Gasteiger charge is -2.20. The number of hydrogen-bond acceptors (Lipinski definition) is 1. The van der Waals surface area contributed by atoms with Gasteiger partial charge in [0.15, 0.2) is 0 Å². The molecule has 1 aromatic heterocycles. The van der Waals surface area contributed by atoms with E-state index in [2.05, 4.69) is 83.1 Å². The predicted molar refractivity (Wildman–Crippen MR) is 95.4 cm³/mol. The monoisotopic (exact) mass is 289 g/mol. The Balaban J connectivity index is 2.17. The molecule has 0 atom stereocenters. The number of nitrogens with zero attached hydrogens (tertiary/aromatic N) is 1. The van der Waals surface area contributed by atoms with E-state index in [1.54, 1.807) is 0 Å². The molecule has 0 saturated heterocycles. The van der Waals surface area contributed by atoms with Crippen molar-refractivity contribution in [1.82, 2.24) is 4.98 Å². The molecule has 0 spiro atoms. The summed E-state index contributed by atoms with van der Waals surface area (Å²) in [6, 6.07) is 17.4. The van der Waals surface area contributed by atoms with Crippen molar-refractivity contribution in [1.29, 1.82) is 0 Å². The molecule has 22 heavy (non-hydrogen) atoms. The van der Waals surface area contributed by atoms with Gasteiger partial charge in [0.2, 0.25) is 0 Å². The third kappa shape index (κ3) is 2.76. The average molecular weight is 289 g/mol. The molecule has 0 amide bonds. The summed E-state index contributed by atoms with van der Waals surface area (Å²) in [7, 11) is 0. The molecule has 0 radical (unpaired) electrons. The molecule has 1 heteroatoms. The first-order valence-electron chi connectivity index (χ1n) is 7.83. The Morgan fingerprint density at radius 1 is 0.864 bits per heavy atom. The van der Waals surface area contributed by atoms with Gasteiger partial charge in [-0.2, -0.15) is 0 Å². The van der Waals surface area contributed by atoms with Crippen LogP contribution in [0.5, 0.6) is 0 Å². The standard InChI is InChI=1S/C21H23N/c1-14-11-16(13-17(12-14)21(3,4)5)19-10-9-18-15(2)7-6-8-20(18)22-19/h6-13H,1-5H3. The van der Waals surface area contributed by atoms with Crippen molar-refractivity contribution in [3.63, 3.8) is 0 Å². The molecule has 0 aliphatic carbocycles. The molecule has 3 aromatic rings. The van der Waals surface area contributed by atoms with Gasteiger partial charge >= 0.3 is 0 Å². The second-order valence-electron chi connectivity index (χ2n) is 7.18. The van der Waals surface area contributed by atoms with Gasteiger partial charge in [-0.1, -0.05) is 50.6 Å². The topological polar surface area (TPSA) is 12.9 Å². The van der Waals surface area contributed by atoms with Gasteiger partial charge < -0.3 is 0 Å². The fraction of sp³-hybridized carbons (Fsp3) is 0.286. The van der Waals surface area contributed by atoms with Gasteiger partial charge in [-0.25, -0.2) is 4.98 Å². The van der Waals surface area contributed by atoms with Crippen molar-refractivity contribution in [3.05, 3.63) is 65.2 Å². The molecule has 0 bridgehead atoms. The van der Waals surface area contributed by atoms with Crippen molar-refractivity contribution in [2.45, 2.75) is 40.0 Å². The number of hydrogen-bond donors (Lipinski definition) is 0. The minimum atomic E-state index is 0.147. The number of rotatable bonds is 1. The molecular formula is C21H23N. The van der Waals surface area contributed by atoms with Crippen LogP contribution in [0.25, 0.3) is 22.2 Å². The Morgan fingerprint density at radius 3 is 2.36 bits per heavy atom. The van der Waals surface area contributed by atoms with Gasteiger partial charge in [-0.15, -0.1) is 0 Å². The molecule has 0 unspecified atom stereocenters. The molecule has 0 aliphatic rings. The Hall–Kier alpha value is -2.15. The minimum absolute atomic E-state index is 0.147. The number of pyridine rings is 1. The van der Waals surface area contributed by atoms with Crippen LogP contribution in [0.2, 0.25) is 0 Å². The molecule has 0 N–H and O–H groups in total. The zero-order valence-electron chi connectivity index (χ0n) is 14.1. The highest BCUT2D eigenvalue weighted by Crippen LogP contribution is 2.29. The lowest BCUT2D eigenvalue weighted by Crippen LogP contribution is -2.11. The molecule has 0 aliphatic heterocycles. The van der Waals surface area contributed by atoms with Crippen LogP contribution in [0.3, 0.4) is 0 Å². The van der Waals surface area contributed by atoms with Gasteiger partial charge in [-0.3, -0.25) is 0 Å². The molecular weight excluding hydrogens is 266 g/mol. The van der Waals surface area contributed by atoms with E-state index in [9.17, 15) is 0 Å². The largest absolute Gasteiger partial charge is 0.248 e. The van der Waals surface area contributed by atoms with E-state index in [-0.39, 0.29) is 5.41 Å². The van der Waals surface area contributed by atoms with E-state index in [0.717, 1.165) is 11.2 Å². The average Bonchev–Trinajstić information content (AvgIpc) is 2.45. The predicted octanol–water partition coefficient (Wildman–Crippen LogP) is 5.82. The van der Waals surface area contributed by atoms with Crippen molar-refractivity contribution in [2.24, 2.45) is 0 Å². The summed E-state index contributed by atoms with van der Waals surface area (Å²) >= 11 is 0. The Labute approximate surface area is 133 Å². The van der Waals surface area contributed by atoms with Crippen molar-refractivity contribution >= 4 is 10.9 Å². The fourth-order valence-corrected chi connectivity index (χ4v) is 2.83. The summed E-state index contributed by atoms with van der Waals surface area (Å²) in [5, 5.41) is 1.23. The third-order valence-electron chi connectivity index (χ3n) is 4.19. The van der Waals surface area contributed by atoms with Crippen LogP contribution in [0.1, 0.15) is 37.5 Å². The molecule has 112 valence electrons. The third-order valence-corrected chi connectivity index (χ3v) is 4.19. The van der Waals surface area contributed by atoms with E-state index in [4.69, 9.17) is 4.98 Å². The molecule has 2 aromatic carbocycles. The van der Waals surface area contributed by atoms with Crippen molar-refractivity contribution in [3.8, 4) is 11.3 Å². The first-order valence-corrected chi connectivity index (χ1v) is 7.83. The van der Waals surface area contributed by atoms with E-state index in [0.29, 0.717) is 0 Å². The summed E-state index contributed by atoms with van der Waals surface area (Å²) in [5.74, 6) is 0. The number of benzene rings is 2. The number of fused-ring (bicyclic) bond motifs is 1. The van der Waals surface area contributed by atoms with Crippen molar-refractivity contribution in [2.75, 3.05) is 0 Å². The SMILES string of the molecule is Cc1cc(-c2ccc3c(C)cccc3n2)cc(C(C)(C)C)c1. The summed E-state index contributed by atoms with van der Waals surface area (Å²) in [5.41, 5.74) is 7.38. The van der Waals surface area contributed by atoms with Gasteiger partial charge in [-0.05, 0) is 54.7 Å². The van der Waals surface area contributed by atoms with Crippen LogP contribution < -0.4 is 0 Å². The van der Waals surface area contributed by atoms with Crippen LogP contribution in [0.15, 0.2) is 48.5 Å².